The van der Waals surface area contributed by atoms with Crippen molar-refractivity contribution in [3.63, 3.8) is 0 Å². The molecule has 168 valence electrons. The second kappa shape index (κ2) is 13.3. The van der Waals surface area contributed by atoms with Gasteiger partial charge in [0.2, 0.25) is 5.41 Å². The minimum Gasteiger partial charge on any atom is -0.469 e. The van der Waals surface area contributed by atoms with E-state index in [-0.39, 0.29) is 24.2 Å². The largest absolute Gasteiger partial charge is 0.469 e. The highest BCUT2D eigenvalue weighted by molar-refractivity contribution is 6.06. The summed E-state index contributed by atoms with van der Waals surface area (Å²) in [7, 11) is 4.57. The molecular formula is C19H22N2O10. The van der Waals surface area contributed by atoms with Gasteiger partial charge in [0.25, 0.3) is 5.69 Å². The monoisotopic (exact) mass is 438 g/mol. The molecule has 12 heteroatoms. The molecule has 0 unspecified atom stereocenters. The number of hydrogen-bond donors (Lipinski definition) is 0. The average Bonchev–Trinajstić information content (AvgIpc) is 2.79. The number of hydrogen-bond acceptors (Lipinski definition) is 11. The summed E-state index contributed by atoms with van der Waals surface area (Å²) in [5, 5.41) is 10.7. The summed E-state index contributed by atoms with van der Waals surface area (Å²) in [6.45, 7) is 1.58. The minimum absolute atomic E-state index is 0.129. The number of methoxy groups -OCH3 is 4. The van der Waals surface area contributed by atoms with Gasteiger partial charge < -0.3 is 18.9 Å². The topological polar surface area (TPSA) is 161 Å². The van der Waals surface area contributed by atoms with E-state index in [9.17, 15) is 29.3 Å². The molecule has 12 nitrogen and oxygen atoms in total. The summed E-state index contributed by atoms with van der Waals surface area (Å²) >= 11 is 0. The van der Waals surface area contributed by atoms with Gasteiger partial charge in [-0.25, -0.2) is 4.79 Å². The Bertz CT molecular complexity index is 852. The summed E-state index contributed by atoms with van der Waals surface area (Å²) in [6, 6.07) is 2.23. The smallest absolute Gasteiger partial charge is 0.384 e. The molecular weight excluding hydrogens is 416 g/mol. The van der Waals surface area contributed by atoms with Crippen LogP contribution in [-0.4, -0.2) is 62.2 Å². The first-order chi connectivity index (χ1) is 14.6. The van der Waals surface area contributed by atoms with Crippen molar-refractivity contribution in [3.8, 4) is 11.8 Å². The first-order valence-corrected chi connectivity index (χ1v) is 8.49. The molecule has 0 radical (unpaired) electrons. The molecule has 0 fully saturated rings. The van der Waals surface area contributed by atoms with E-state index in [4.69, 9.17) is 0 Å². The number of nitro groups is 1. The third-order valence-electron chi connectivity index (χ3n) is 3.81. The highest BCUT2D eigenvalue weighted by Gasteiger charge is 2.51. The maximum absolute atomic E-state index is 12.3. The van der Waals surface area contributed by atoms with Gasteiger partial charge in [0, 0.05) is 18.4 Å². The van der Waals surface area contributed by atoms with Crippen LogP contribution in [0.1, 0.15) is 25.5 Å². The number of aromatic nitrogens is 1. The van der Waals surface area contributed by atoms with Gasteiger partial charge in [0.15, 0.2) is 0 Å². The van der Waals surface area contributed by atoms with Crippen molar-refractivity contribution in [2.45, 2.75) is 25.2 Å². The fourth-order valence-corrected chi connectivity index (χ4v) is 2.26. The van der Waals surface area contributed by atoms with Crippen LogP contribution in [0.5, 0.6) is 0 Å². The summed E-state index contributed by atoms with van der Waals surface area (Å²) in [6.07, 6.45) is 0.275. The van der Waals surface area contributed by atoms with Crippen LogP contribution in [0.4, 0.5) is 5.69 Å². The lowest BCUT2D eigenvalue weighted by Gasteiger charge is -2.27. The quantitative estimate of drug-likeness (QED) is 0.112. The Balaban J connectivity index is 0.00000110. The van der Waals surface area contributed by atoms with Crippen molar-refractivity contribution in [1.82, 2.24) is 4.98 Å². The normalized spacial score (nSPS) is 9.58. The Kier molecular flexibility index (Phi) is 11.5. The number of carbonyl (C=O) groups excluding carboxylic acids is 4. The van der Waals surface area contributed by atoms with Crippen molar-refractivity contribution >= 4 is 29.6 Å². The molecule has 0 saturated heterocycles. The molecule has 31 heavy (non-hydrogen) atoms. The minimum atomic E-state index is -2.03. The molecule has 0 aliphatic carbocycles. The van der Waals surface area contributed by atoms with E-state index >= 15 is 0 Å². The first-order valence-electron chi connectivity index (χ1n) is 8.49. The Morgan fingerprint density at radius 3 is 1.94 bits per heavy atom. The average molecular weight is 438 g/mol. The number of carbonyl (C=O) groups is 4. The molecule has 0 spiro atoms. The van der Waals surface area contributed by atoms with Crippen LogP contribution >= 0.6 is 0 Å². The van der Waals surface area contributed by atoms with Gasteiger partial charge in [0.1, 0.15) is 6.20 Å². The van der Waals surface area contributed by atoms with Crippen LogP contribution < -0.4 is 0 Å². The number of pyridine rings is 1. The lowest BCUT2D eigenvalue weighted by Crippen LogP contribution is -2.46. The fraction of sp³-hybridized carbons (Fsp3) is 0.421. The molecule has 0 aromatic carbocycles. The van der Waals surface area contributed by atoms with Gasteiger partial charge in [-0.15, -0.1) is 0 Å². The highest BCUT2D eigenvalue weighted by Crippen LogP contribution is 2.32. The Morgan fingerprint density at radius 1 is 1.03 bits per heavy atom. The first kappa shape index (κ1) is 27.0. The van der Waals surface area contributed by atoms with Gasteiger partial charge in [-0.1, -0.05) is 5.92 Å². The van der Waals surface area contributed by atoms with E-state index < -0.39 is 34.2 Å². The van der Waals surface area contributed by atoms with Crippen molar-refractivity contribution in [1.29, 1.82) is 0 Å². The van der Waals surface area contributed by atoms with Gasteiger partial charge in [-0.05, 0) is 19.4 Å². The zero-order valence-corrected chi connectivity index (χ0v) is 17.6. The van der Waals surface area contributed by atoms with E-state index in [1.54, 1.807) is 6.92 Å². The van der Waals surface area contributed by atoms with Gasteiger partial charge in [0.05, 0.1) is 39.1 Å². The molecule has 0 bridgehead atoms. The summed E-state index contributed by atoms with van der Waals surface area (Å²) in [4.78, 5) is 59.9. The second-order valence-corrected chi connectivity index (χ2v) is 5.49. The molecule has 0 aliphatic heterocycles. The number of esters is 4. The van der Waals surface area contributed by atoms with Crippen molar-refractivity contribution in [3.05, 3.63) is 34.1 Å². The zero-order chi connectivity index (χ0) is 24.0. The van der Waals surface area contributed by atoms with Crippen LogP contribution in [0.3, 0.4) is 0 Å². The van der Waals surface area contributed by atoms with E-state index in [1.165, 1.54) is 7.11 Å². The van der Waals surface area contributed by atoms with Crippen LogP contribution in [0.15, 0.2) is 18.3 Å². The second-order valence-electron chi connectivity index (χ2n) is 5.49. The van der Waals surface area contributed by atoms with E-state index in [0.29, 0.717) is 0 Å². The lowest BCUT2D eigenvalue weighted by atomic mass is 9.79. The van der Waals surface area contributed by atoms with Crippen LogP contribution in [0.25, 0.3) is 0 Å². The molecule has 0 atom stereocenters. The predicted octanol–water partition coefficient (Wildman–Crippen LogP) is 0.710. The summed E-state index contributed by atoms with van der Waals surface area (Å²) < 4.78 is 18.0. The van der Waals surface area contributed by atoms with Crippen LogP contribution in [0.2, 0.25) is 0 Å². The molecule has 0 N–H and O–H groups in total. The van der Waals surface area contributed by atoms with E-state index in [1.807, 2.05) is 0 Å². The van der Waals surface area contributed by atoms with E-state index in [2.05, 4.69) is 35.8 Å². The van der Waals surface area contributed by atoms with Crippen molar-refractivity contribution in [2.24, 2.45) is 0 Å². The van der Waals surface area contributed by atoms with Crippen LogP contribution in [-0.2, 0) is 43.5 Å². The molecule has 1 aromatic rings. The Morgan fingerprint density at radius 2 is 1.61 bits per heavy atom. The van der Waals surface area contributed by atoms with Gasteiger partial charge in [-0.2, -0.15) is 0 Å². The third-order valence-corrected chi connectivity index (χ3v) is 3.81. The molecule has 0 aliphatic rings. The maximum atomic E-state index is 12.3. The standard InChI is InChI=1S/C14H16N2O8.C5H6O2/c1-22-11(17)6-7-14(12(18)23-2,13(19)24-3)10-5-4-9(8-15-10)16(20)21;1-3-4-5(6)7-2/h4-5,8H,6-7H2,1-3H3;1-2H3. The number of ether oxygens (including phenoxy) is 4. The van der Waals surface area contributed by atoms with E-state index in [0.717, 1.165) is 39.7 Å². The molecule has 1 aromatic heterocycles. The third kappa shape index (κ3) is 7.39. The SMILES string of the molecule is CC#CC(=O)OC.COC(=O)CCC(C(=O)OC)(C(=O)OC)c1ccc([N+](=O)[O-])cn1. The number of nitrogens with zero attached hydrogens (tertiary/aromatic N) is 2. The van der Waals surface area contributed by atoms with Gasteiger partial charge >= 0.3 is 23.9 Å². The molecule has 1 heterocycles. The molecule has 1 rings (SSSR count). The van der Waals surface area contributed by atoms with Crippen molar-refractivity contribution < 1.29 is 43.0 Å². The fourth-order valence-electron chi connectivity index (χ4n) is 2.26. The van der Waals surface area contributed by atoms with Crippen molar-refractivity contribution in [2.75, 3.05) is 28.4 Å². The summed E-state index contributed by atoms with van der Waals surface area (Å²) in [5.41, 5.74) is -2.49. The zero-order valence-electron chi connectivity index (χ0n) is 17.6. The highest BCUT2D eigenvalue weighted by atomic mass is 16.6. The lowest BCUT2D eigenvalue weighted by molar-refractivity contribution is -0.385. The predicted molar refractivity (Wildman–Crippen MR) is 103 cm³/mol. The summed E-state index contributed by atoms with van der Waals surface area (Å²) in [5.74, 6) is 1.44. The Labute approximate surface area is 178 Å². The number of rotatable bonds is 7. The maximum Gasteiger partial charge on any atom is 0.384 e. The Hall–Kier alpha value is -4.01. The molecule has 0 saturated carbocycles. The van der Waals surface area contributed by atoms with Crippen LogP contribution in [0, 0.1) is 22.0 Å². The molecule has 0 amide bonds. The van der Waals surface area contributed by atoms with Gasteiger partial charge in [-0.3, -0.25) is 29.5 Å².